The number of aromatic nitrogens is 1. The van der Waals surface area contributed by atoms with Crippen LogP contribution in [0.15, 0.2) is 42.6 Å². The van der Waals surface area contributed by atoms with E-state index in [9.17, 15) is 9.59 Å². The molecule has 6 heteroatoms. The summed E-state index contributed by atoms with van der Waals surface area (Å²) in [5.41, 5.74) is 2.33. The summed E-state index contributed by atoms with van der Waals surface area (Å²) in [5, 5.41) is 0. The minimum Gasteiger partial charge on any atom is -0.462 e. The van der Waals surface area contributed by atoms with Gasteiger partial charge in [-0.2, -0.15) is 0 Å². The number of anilines is 2. The number of ketones is 1. The van der Waals surface area contributed by atoms with Gasteiger partial charge in [0.1, 0.15) is 5.82 Å². The molecule has 6 nitrogen and oxygen atoms in total. The quantitative estimate of drug-likeness (QED) is 0.608. The van der Waals surface area contributed by atoms with Crippen molar-refractivity contribution in [3.63, 3.8) is 0 Å². The molecule has 0 saturated carbocycles. The van der Waals surface area contributed by atoms with Gasteiger partial charge in [0.25, 0.3) is 0 Å². The molecular formula is C20H23N3O3. The van der Waals surface area contributed by atoms with Gasteiger partial charge in [-0.15, -0.1) is 0 Å². The molecule has 1 saturated heterocycles. The van der Waals surface area contributed by atoms with E-state index in [1.54, 1.807) is 26.1 Å². The van der Waals surface area contributed by atoms with Crippen molar-refractivity contribution < 1.29 is 14.3 Å². The smallest absolute Gasteiger partial charge is 0.339 e. The molecule has 2 heterocycles. The number of hydrogen-bond donors (Lipinski definition) is 0. The Kier molecular flexibility index (Phi) is 5.51. The third kappa shape index (κ3) is 4.02. The topological polar surface area (TPSA) is 62.7 Å². The summed E-state index contributed by atoms with van der Waals surface area (Å²) < 4.78 is 4.98. The van der Waals surface area contributed by atoms with Crippen LogP contribution in [0, 0.1) is 0 Å². The first kappa shape index (κ1) is 17.9. The molecule has 0 aliphatic carbocycles. The number of piperazine rings is 1. The van der Waals surface area contributed by atoms with Gasteiger partial charge >= 0.3 is 5.97 Å². The maximum absolute atomic E-state index is 11.7. The van der Waals surface area contributed by atoms with Crippen molar-refractivity contribution in [2.75, 3.05) is 42.6 Å². The Morgan fingerprint density at radius 2 is 1.58 bits per heavy atom. The van der Waals surface area contributed by atoms with Crippen LogP contribution in [-0.4, -0.2) is 49.5 Å². The van der Waals surface area contributed by atoms with E-state index in [2.05, 4.69) is 14.8 Å². The second kappa shape index (κ2) is 7.99. The maximum atomic E-state index is 11.7. The molecule has 1 aliphatic rings. The molecule has 0 spiro atoms. The summed E-state index contributed by atoms with van der Waals surface area (Å²) in [6.45, 7) is 7.17. The van der Waals surface area contributed by atoms with Crippen LogP contribution >= 0.6 is 0 Å². The number of rotatable bonds is 5. The first-order valence-corrected chi connectivity index (χ1v) is 8.82. The van der Waals surface area contributed by atoms with Crippen LogP contribution in [0.4, 0.5) is 11.5 Å². The zero-order valence-electron chi connectivity index (χ0n) is 15.1. The van der Waals surface area contributed by atoms with E-state index >= 15 is 0 Å². The van der Waals surface area contributed by atoms with Crippen molar-refractivity contribution in [2.45, 2.75) is 13.8 Å². The third-order valence-electron chi connectivity index (χ3n) is 4.50. The molecule has 136 valence electrons. The highest BCUT2D eigenvalue weighted by atomic mass is 16.5. The molecule has 0 amide bonds. The highest BCUT2D eigenvalue weighted by Crippen LogP contribution is 2.20. The van der Waals surface area contributed by atoms with Gasteiger partial charge in [-0.3, -0.25) is 4.79 Å². The molecule has 0 N–H and O–H groups in total. The molecule has 1 aromatic carbocycles. The molecule has 1 aliphatic heterocycles. The normalized spacial score (nSPS) is 14.2. The summed E-state index contributed by atoms with van der Waals surface area (Å²) in [5.74, 6) is 0.605. The Bertz CT molecular complexity index is 764. The van der Waals surface area contributed by atoms with Gasteiger partial charge in [0.2, 0.25) is 0 Å². The van der Waals surface area contributed by atoms with Gasteiger partial charge in [-0.05, 0) is 50.2 Å². The molecule has 0 radical (unpaired) electrons. The standard InChI is InChI=1S/C20H23N3O3/c1-3-26-20(25)17-6-9-19(21-14-17)23-12-10-22(11-13-23)18-7-4-16(5-8-18)15(2)24/h4-9,14H,3,10-13H2,1-2H3. The van der Waals surface area contributed by atoms with Gasteiger partial charge in [-0.25, -0.2) is 9.78 Å². The number of pyridine rings is 1. The molecule has 3 rings (SSSR count). The molecule has 1 fully saturated rings. The van der Waals surface area contributed by atoms with Crippen LogP contribution in [0.5, 0.6) is 0 Å². The molecule has 2 aromatic rings. The van der Waals surface area contributed by atoms with Crippen LogP contribution in [0.1, 0.15) is 34.6 Å². The van der Waals surface area contributed by atoms with Crippen molar-refractivity contribution in [3.8, 4) is 0 Å². The van der Waals surface area contributed by atoms with Crippen LogP contribution in [0.2, 0.25) is 0 Å². The Balaban J connectivity index is 1.59. The van der Waals surface area contributed by atoms with E-state index in [1.807, 2.05) is 30.3 Å². The van der Waals surface area contributed by atoms with Crippen LogP contribution < -0.4 is 9.80 Å². The van der Waals surface area contributed by atoms with Crippen molar-refractivity contribution in [1.82, 2.24) is 4.98 Å². The monoisotopic (exact) mass is 353 g/mol. The number of esters is 1. The fraction of sp³-hybridized carbons (Fsp3) is 0.350. The summed E-state index contributed by atoms with van der Waals surface area (Å²) in [6.07, 6.45) is 1.57. The largest absolute Gasteiger partial charge is 0.462 e. The summed E-state index contributed by atoms with van der Waals surface area (Å²) in [7, 11) is 0. The van der Waals surface area contributed by atoms with Gasteiger partial charge in [0.05, 0.1) is 12.2 Å². The molecule has 1 aromatic heterocycles. The molecule has 0 bridgehead atoms. The zero-order valence-corrected chi connectivity index (χ0v) is 15.1. The summed E-state index contributed by atoms with van der Waals surface area (Å²) >= 11 is 0. The molecule has 0 unspecified atom stereocenters. The Labute approximate surface area is 153 Å². The average molecular weight is 353 g/mol. The van der Waals surface area contributed by atoms with E-state index in [0.29, 0.717) is 12.2 Å². The number of carbonyl (C=O) groups excluding carboxylic acids is 2. The summed E-state index contributed by atoms with van der Waals surface area (Å²) in [6, 6.07) is 11.4. The minimum absolute atomic E-state index is 0.0821. The Hall–Kier alpha value is -2.89. The maximum Gasteiger partial charge on any atom is 0.339 e. The lowest BCUT2D eigenvalue weighted by molar-refractivity contribution is 0.0525. The van der Waals surface area contributed by atoms with E-state index in [4.69, 9.17) is 4.74 Å². The first-order chi connectivity index (χ1) is 12.6. The zero-order chi connectivity index (χ0) is 18.5. The predicted molar refractivity (Wildman–Crippen MR) is 101 cm³/mol. The fourth-order valence-corrected chi connectivity index (χ4v) is 3.01. The van der Waals surface area contributed by atoms with E-state index < -0.39 is 0 Å². The van der Waals surface area contributed by atoms with Crippen molar-refractivity contribution in [2.24, 2.45) is 0 Å². The number of ether oxygens (including phenoxy) is 1. The number of carbonyl (C=O) groups is 2. The first-order valence-electron chi connectivity index (χ1n) is 8.82. The van der Waals surface area contributed by atoms with Gasteiger partial charge in [0.15, 0.2) is 5.78 Å². The third-order valence-corrected chi connectivity index (χ3v) is 4.50. The fourth-order valence-electron chi connectivity index (χ4n) is 3.01. The molecule has 0 atom stereocenters. The number of nitrogens with zero attached hydrogens (tertiary/aromatic N) is 3. The van der Waals surface area contributed by atoms with Crippen LogP contribution in [0.25, 0.3) is 0 Å². The number of Topliss-reactive ketones (excluding diaryl/α,β-unsaturated/α-hetero) is 1. The SMILES string of the molecule is CCOC(=O)c1ccc(N2CCN(c3ccc(C(C)=O)cc3)CC2)nc1. The van der Waals surface area contributed by atoms with Crippen LogP contribution in [0.3, 0.4) is 0 Å². The second-order valence-electron chi connectivity index (χ2n) is 6.20. The van der Waals surface area contributed by atoms with E-state index in [1.165, 1.54) is 0 Å². The Morgan fingerprint density at radius 3 is 2.12 bits per heavy atom. The van der Waals surface area contributed by atoms with Gasteiger partial charge < -0.3 is 14.5 Å². The van der Waals surface area contributed by atoms with Crippen LogP contribution in [-0.2, 0) is 4.74 Å². The molecule has 26 heavy (non-hydrogen) atoms. The van der Waals surface area contributed by atoms with Crippen molar-refractivity contribution in [1.29, 1.82) is 0 Å². The van der Waals surface area contributed by atoms with Gasteiger partial charge in [0, 0.05) is 43.6 Å². The number of benzene rings is 1. The number of hydrogen-bond acceptors (Lipinski definition) is 6. The lowest BCUT2D eigenvalue weighted by Gasteiger charge is -2.36. The van der Waals surface area contributed by atoms with Gasteiger partial charge in [-0.1, -0.05) is 0 Å². The second-order valence-corrected chi connectivity index (χ2v) is 6.20. The summed E-state index contributed by atoms with van der Waals surface area (Å²) in [4.78, 5) is 32.0. The molecular weight excluding hydrogens is 330 g/mol. The minimum atomic E-state index is -0.342. The lowest BCUT2D eigenvalue weighted by Crippen LogP contribution is -2.46. The highest BCUT2D eigenvalue weighted by Gasteiger charge is 2.19. The van der Waals surface area contributed by atoms with E-state index in [-0.39, 0.29) is 11.8 Å². The van der Waals surface area contributed by atoms with Crippen molar-refractivity contribution >= 4 is 23.3 Å². The highest BCUT2D eigenvalue weighted by molar-refractivity contribution is 5.94. The van der Waals surface area contributed by atoms with Crippen molar-refractivity contribution in [3.05, 3.63) is 53.7 Å². The average Bonchev–Trinajstić information content (AvgIpc) is 2.68. The Morgan fingerprint density at radius 1 is 0.962 bits per heavy atom. The predicted octanol–water partition coefficient (Wildman–Crippen LogP) is 2.79. The lowest BCUT2D eigenvalue weighted by atomic mass is 10.1. The van der Waals surface area contributed by atoms with E-state index in [0.717, 1.165) is 43.2 Å².